The molecule has 8 nitrogen and oxygen atoms in total. The van der Waals surface area contributed by atoms with E-state index in [1.165, 1.54) is 30.6 Å². The predicted molar refractivity (Wildman–Crippen MR) is 112 cm³/mol. The third-order valence-electron chi connectivity index (χ3n) is 4.50. The molecule has 31 heavy (non-hydrogen) atoms. The zero-order valence-electron chi connectivity index (χ0n) is 16.0. The second-order valence-corrected chi connectivity index (χ2v) is 6.54. The molecule has 0 radical (unpaired) electrons. The van der Waals surface area contributed by atoms with Gasteiger partial charge in [-0.05, 0) is 36.4 Å². The van der Waals surface area contributed by atoms with E-state index in [-0.39, 0.29) is 28.6 Å². The Kier molecular flexibility index (Phi) is 5.37. The SMILES string of the molecule is Nc1nccc(-c2ccncc2NC(O)c2nc(-c3c(F)cccc3F)ccc2N)n1. The number of hydrogen-bond acceptors (Lipinski definition) is 8. The van der Waals surface area contributed by atoms with Crippen LogP contribution in [0, 0.1) is 11.6 Å². The van der Waals surface area contributed by atoms with Crippen molar-refractivity contribution in [2.24, 2.45) is 0 Å². The third kappa shape index (κ3) is 4.09. The number of benzene rings is 1. The monoisotopic (exact) mass is 421 g/mol. The van der Waals surface area contributed by atoms with E-state index in [0.29, 0.717) is 16.9 Å². The van der Waals surface area contributed by atoms with Crippen molar-refractivity contribution in [3.8, 4) is 22.5 Å². The lowest BCUT2D eigenvalue weighted by Gasteiger charge is -2.18. The number of anilines is 3. The molecule has 0 saturated heterocycles. The van der Waals surface area contributed by atoms with E-state index >= 15 is 0 Å². The number of aliphatic hydroxyl groups excluding tert-OH is 1. The summed E-state index contributed by atoms with van der Waals surface area (Å²) in [6.07, 6.45) is 3.13. The zero-order chi connectivity index (χ0) is 22.0. The highest BCUT2D eigenvalue weighted by Gasteiger charge is 2.19. The maximum atomic E-state index is 14.2. The van der Waals surface area contributed by atoms with Crippen molar-refractivity contribution in [3.05, 3.63) is 78.4 Å². The number of aromatic nitrogens is 4. The minimum absolute atomic E-state index is 0.00263. The lowest BCUT2D eigenvalue weighted by atomic mass is 10.1. The van der Waals surface area contributed by atoms with Gasteiger partial charge in [0.1, 0.15) is 17.3 Å². The molecule has 156 valence electrons. The highest BCUT2D eigenvalue weighted by atomic mass is 19.1. The van der Waals surface area contributed by atoms with E-state index in [1.54, 1.807) is 18.3 Å². The summed E-state index contributed by atoms with van der Waals surface area (Å²) in [6.45, 7) is 0. The summed E-state index contributed by atoms with van der Waals surface area (Å²) >= 11 is 0. The van der Waals surface area contributed by atoms with Gasteiger partial charge in [0.05, 0.1) is 34.5 Å². The Morgan fingerprint density at radius 3 is 2.42 bits per heavy atom. The quantitative estimate of drug-likeness (QED) is 0.361. The molecule has 0 saturated carbocycles. The first-order valence-electron chi connectivity index (χ1n) is 9.12. The lowest BCUT2D eigenvalue weighted by Crippen LogP contribution is -2.15. The van der Waals surface area contributed by atoms with Crippen molar-refractivity contribution in [2.75, 3.05) is 16.8 Å². The predicted octanol–water partition coefficient (Wildman–Crippen LogP) is 3.15. The Bertz CT molecular complexity index is 1230. The van der Waals surface area contributed by atoms with E-state index in [0.717, 1.165) is 12.1 Å². The molecule has 0 aliphatic heterocycles. The van der Waals surface area contributed by atoms with E-state index in [1.807, 2.05) is 0 Å². The third-order valence-corrected chi connectivity index (χ3v) is 4.50. The molecule has 1 atom stereocenters. The van der Waals surface area contributed by atoms with Gasteiger partial charge in [-0.1, -0.05) is 6.07 Å². The number of nitrogen functional groups attached to an aromatic ring is 2. The largest absolute Gasteiger partial charge is 0.397 e. The molecular formula is C21H17F2N7O. The summed E-state index contributed by atoms with van der Waals surface area (Å²) in [4.78, 5) is 16.3. The molecule has 3 heterocycles. The fraction of sp³-hybridized carbons (Fsp3) is 0.0476. The summed E-state index contributed by atoms with van der Waals surface area (Å²) in [7, 11) is 0. The van der Waals surface area contributed by atoms with Crippen LogP contribution in [0.1, 0.15) is 11.9 Å². The van der Waals surface area contributed by atoms with Gasteiger partial charge in [-0.15, -0.1) is 0 Å². The number of pyridine rings is 2. The maximum Gasteiger partial charge on any atom is 0.220 e. The van der Waals surface area contributed by atoms with Crippen molar-refractivity contribution >= 4 is 17.3 Å². The van der Waals surface area contributed by atoms with Crippen LogP contribution in [-0.4, -0.2) is 25.0 Å². The smallest absolute Gasteiger partial charge is 0.220 e. The molecule has 4 aromatic rings. The number of aliphatic hydroxyl groups is 1. The van der Waals surface area contributed by atoms with Crippen molar-refractivity contribution < 1.29 is 13.9 Å². The van der Waals surface area contributed by atoms with Crippen molar-refractivity contribution in [2.45, 2.75) is 6.23 Å². The minimum atomic E-state index is -1.41. The first-order valence-corrected chi connectivity index (χ1v) is 9.12. The molecular weight excluding hydrogens is 404 g/mol. The number of nitrogens with one attached hydrogen (secondary N) is 1. The molecule has 10 heteroatoms. The molecule has 0 spiro atoms. The van der Waals surface area contributed by atoms with Gasteiger partial charge in [0.15, 0.2) is 6.23 Å². The fourth-order valence-corrected chi connectivity index (χ4v) is 3.06. The summed E-state index contributed by atoms with van der Waals surface area (Å²) in [5, 5.41) is 13.6. The molecule has 4 rings (SSSR count). The molecule has 0 aliphatic carbocycles. The van der Waals surface area contributed by atoms with Gasteiger partial charge in [-0.25, -0.2) is 23.7 Å². The van der Waals surface area contributed by atoms with Gasteiger partial charge in [0.2, 0.25) is 5.95 Å². The molecule has 0 bridgehead atoms. The van der Waals surface area contributed by atoms with Gasteiger partial charge in [0, 0.05) is 18.0 Å². The second kappa shape index (κ2) is 8.28. The molecule has 1 aromatic carbocycles. The number of nitrogens with two attached hydrogens (primary N) is 2. The minimum Gasteiger partial charge on any atom is -0.397 e. The van der Waals surface area contributed by atoms with Crippen LogP contribution in [0.2, 0.25) is 0 Å². The molecule has 3 aromatic heterocycles. The second-order valence-electron chi connectivity index (χ2n) is 6.54. The topological polar surface area (TPSA) is 136 Å². The fourth-order valence-electron chi connectivity index (χ4n) is 3.06. The van der Waals surface area contributed by atoms with Gasteiger partial charge in [0.25, 0.3) is 0 Å². The molecule has 0 aliphatic rings. The van der Waals surface area contributed by atoms with Crippen LogP contribution in [-0.2, 0) is 0 Å². The van der Waals surface area contributed by atoms with Crippen LogP contribution in [0.3, 0.4) is 0 Å². The summed E-state index contributed by atoms with van der Waals surface area (Å²) < 4.78 is 28.3. The van der Waals surface area contributed by atoms with Crippen molar-refractivity contribution in [3.63, 3.8) is 0 Å². The van der Waals surface area contributed by atoms with Crippen LogP contribution in [0.15, 0.2) is 61.1 Å². The summed E-state index contributed by atoms with van der Waals surface area (Å²) in [5.74, 6) is -1.46. The Hall–Kier alpha value is -4.18. The van der Waals surface area contributed by atoms with Crippen LogP contribution < -0.4 is 16.8 Å². The Morgan fingerprint density at radius 1 is 0.903 bits per heavy atom. The highest BCUT2D eigenvalue weighted by molar-refractivity contribution is 5.75. The summed E-state index contributed by atoms with van der Waals surface area (Å²) in [5.41, 5.74) is 13.0. The van der Waals surface area contributed by atoms with Gasteiger partial charge in [-0.3, -0.25) is 4.98 Å². The van der Waals surface area contributed by atoms with Gasteiger partial charge in [-0.2, -0.15) is 0 Å². The van der Waals surface area contributed by atoms with Crippen LogP contribution in [0.25, 0.3) is 22.5 Å². The zero-order valence-corrected chi connectivity index (χ0v) is 16.0. The van der Waals surface area contributed by atoms with E-state index < -0.39 is 17.9 Å². The van der Waals surface area contributed by atoms with Crippen LogP contribution >= 0.6 is 0 Å². The first kappa shape index (κ1) is 20.1. The van der Waals surface area contributed by atoms with Crippen molar-refractivity contribution in [1.82, 2.24) is 19.9 Å². The number of rotatable bonds is 5. The van der Waals surface area contributed by atoms with Crippen molar-refractivity contribution in [1.29, 1.82) is 0 Å². The van der Waals surface area contributed by atoms with Gasteiger partial charge >= 0.3 is 0 Å². The van der Waals surface area contributed by atoms with E-state index in [4.69, 9.17) is 11.5 Å². The number of hydrogen-bond donors (Lipinski definition) is 4. The maximum absolute atomic E-state index is 14.2. The average molecular weight is 421 g/mol. The molecule has 0 fully saturated rings. The average Bonchev–Trinajstić information content (AvgIpc) is 2.75. The Morgan fingerprint density at radius 2 is 1.68 bits per heavy atom. The Labute approximate surface area is 175 Å². The molecule has 0 amide bonds. The van der Waals surface area contributed by atoms with E-state index in [2.05, 4.69) is 25.3 Å². The van der Waals surface area contributed by atoms with Crippen LogP contribution in [0.5, 0.6) is 0 Å². The number of nitrogens with zero attached hydrogens (tertiary/aromatic N) is 4. The Balaban J connectivity index is 1.70. The number of halogens is 2. The molecule has 1 unspecified atom stereocenters. The lowest BCUT2D eigenvalue weighted by molar-refractivity contribution is 0.204. The van der Waals surface area contributed by atoms with Gasteiger partial charge < -0.3 is 21.9 Å². The standard InChI is InChI=1S/C21H17F2N7O/c22-12-2-1-3-13(23)18(12)16-5-4-14(24)19(28-16)20(31)29-17-10-26-8-6-11(17)15-7-9-27-21(25)30-15/h1-10,20,29,31H,24H2,(H2,25,27,30). The van der Waals surface area contributed by atoms with Crippen LogP contribution in [0.4, 0.5) is 26.1 Å². The highest BCUT2D eigenvalue weighted by Crippen LogP contribution is 2.31. The van der Waals surface area contributed by atoms with E-state index in [9.17, 15) is 13.9 Å². The summed E-state index contributed by atoms with van der Waals surface area (Å²) in [6, 6.07) is 9.64. The molecule has 6 N–H and O–H groups in total. The first-order chi connectivity index (χ1) is 14.9. The normalized spacial score (nSPS) is 11.8.